The molecule has 7 heteroatoms. The Morgan fingerprint density at radius 1 is 1.00 bits per heavy atom. The van der Waals surface area contributed by atoms with Crippen LogP contribution in [0.4, 0.5) is 4.79 Å². The Bertz CT molecular complexity index is 387. The zero-order chi connectivity index (χ0) is 16.8. The molecule has 0 radical (unpaired) electrons. The molecule has 2 atom stereocenters. The summed E-state index contributed by atoms with van der Waals surface area (Å²) in [7, 11) is 1.26. The number of ether oxygens (including phenoxy) is 2. The molecule has 0 aliphatic heterocycles. The lowest BCUT2D eigenvalue weighted by molar-refractivity contribution is -0.146. The molecule has 7 nitrogen and oxygen atoms in total. The summed E-state index contributed by atoms with van der Waals surface area (Å²) in [4.78, 5) is 35.1. The molecule has 2 N–H and O–H groups in total. The van der Waals surface area contributed by atoms with E-state index in [-0.39, 0.29) is 5.92 Å². The lowest BCUT2D eigenvalue weighted by Gasteiger charge is -2.24. The molecular weight excluding hydrogens is 276 g/mol. The molecule has 0 aliphatic rings. The number of alkyl carbamates (subject to hydrolysis) is 1. The van der Waals surface area contributed by atoms with E-state index in [1.165, 1.54) is 14.0 Å². The van der Waals surface area contributed by atoms with E-state index >= 15 is 0 Å². The number of methoxy groups -OCH3 is 1. The molecular formula is C14H26N2O5. The molecule has 2 amide bonds. The van der Waals surface area contributed by atoms with Crippen molar-refractivity contribution in [2.45, 2.75) is 59.2 Å². The van der Waals surface area contributed by atoms with Gasteiger partial charge in [-0.3, -0.25) is 4.79 Å². The molecule has 0 aliphatic carbocycles. The molecule has 0 saturated carbocycles. The first-order valence-corrected chi connectivity index (χ1v) is 6.85. The van der Waals surface area contributed by atoms with Gasteiger partial charge in [-0.2, -0.15) is 0 Å². The number of esters is 1. The van der Waals surface area contributed by atoms with E-state index in [9.17, 15) is 14.4 Å². The topological polar surface area (TPSA) is 93.7 Å². The first kappa shape index (κ1) is 19.2. The minimum Gasteiger partial charge on any atom is -0.467 e. The van der Waals surface area contributed by atoms with Crippen LogP contribution >= 0.6 is 0 Å². The van der Waals surface area contributed by atoms with Crippen LogP contribution < -0.4 is 10.6 Å². The highest BCUT2D eigenvalue weighted by Gasteiger charge is 2.28. The van der Waals surface area contributed by atoms with Crippen molar-refractivity contribution in [3.05, 3.63) is 0 Å². The van der Waals surface area contributed by atoms with Gasteiger partial charge in [-0.05, 0) is 33.6 Å². The summed E-state index contributed by atoms with van der Waals surface area (Å²) < 4.78 is 9.69. The second kappa shape index (κ2) is 7.85. The van der Waals surface area contributed by atoms with Crippen LogP contribution in [0.1, 0.15) is 41.5 Å². The smallest absolute Gasteiger partial charge is 0.408 e. The Kier molecular flexibility index (Phi) is 7.18. The second-order valence-electron chi connectivity index (χ2n) is 6.12. The number of hydrogen-bond donors (Lipinski definition) is 2. The molecule has 0 aromatic rings. The zero-order valence-corrected chi connectivity index (χ0v) is 13.8. The van der Waals surface area contributed by atoms with Gasteiger partial charge in [-0.25, -0.2) is 9.59 Å². The van der Waals surface area contributed by atoms with Gasteiger partial charge in [-0.1, -0.05) is 13.8 Å². The molecule has 0 aromatic carbocycles. The van der Waals surface area contributed by atoms with E-state index < -0.39 is 35.7 Å². The van der Waals surface area contributed by atoms with Gasteiger partial charge >= 0.3 is 12.1 Å². The average Bonchev–Trinajstić information content (AvgIpc) is 2.31. The van der Waals surface area contributed by atoms with Crippen molar-refractivity contribution in [2.75, 3.05) is 7.11 Å². The van der Waals surface area contributed by atoms with Crippen LogP contribution in [0.25, 0.3) is 0 Å². The van der Waals surface area contributed by atoms with Crippen molar-refractivity contribution in [1.82, 2.24) is 10.6 Å². The molecule has 0 saturated heterocycles. The lowest BCUT2D eigenvalue weighted by Crippen LogP contribution is -2.52. The number of amides is 2. The summed E-state index contributed by atoms with van der Waals surface area (Å²) in [5.74, 6) is -1.14. The predicted molar refractivity (Wildman–Crippen MR) is 77.6 cm³/mol. The highest BCUT2D eigenvalue weighted by atomic mass is 16.6. The van der Waals surface area contributed by atoms with Gasteiger partial charge in [0.1, 0.15) is 17.7 Å². The van der Waals surface area contributed by atoms with Gasteiger partial charge in [0.15, 0.2) is 0 Å². The van der Waals surface area contributed by atoms with E-state index in [4.69, 9.17) is 4.74 Å². The van der Waals surface area contributed by atoms with Gasteiger partial charge in [0.25, 0.3) is 0 Å². The summed E-state index contributed by atoms with van der Waals surface area (Å²) in [6.45, 7) is 10.3. The van der Waals surface area contributed by atoms with Crippen molar-refractivity contribution in [3.63, 3.8) is 0 Å². The molecule has 0 rings (SSSR count). The van der Waals surface area contributed by atoms with Crippen LogP contribution in [-0.4, -0.2) is 42.8 Å². The Labute approximate surface area is 125 Å². The predicted octanol–water partition coefficient (Wildman–Crippen LogP) is 1.21. The first-order valence-electron chi connectivity index (χ1n) is 6.85. The first-order chi connectivity index (χ1) is 9.47. The van der Waals surface area contributed by atoms with E-state index in [1.807, 2.05) is 0 Å². The van der Waals surface area contributed by atoms with Gasteiger partial charge in [0.05, 0.1) is 7.11 Å². The average molecular weight is 302 g/mol. The number of nitrogens with one attached hydrogen (secondary N) is 2. The summed E-state index contributed by atoms with van der Waals surface area (Å²) in [6.07, 6.45) is -0.690. The minimum atomic E-state index is -0.828. The van der Waals surface area contributed by atoms with Crippen molar-refractivity contribution in [1.29, 1.82) is 0 Å². The quantitative estimate of drug-likeness (QED) is 0.745. The molecule has 122 valence electrons. The SMILES string of the molecule is COC(=O)[C@H](NC(=O)[C@@H](C)NC(=O)OC(C)(C)C)C(C)C. The highest BCUT2D eigenvalue weighted by molar-refractivity contribution is 5.89. The van der Waals surface area contributed by atoms with Crippen LogP contribution in [0.15, 0.2) is 0 Å². The number of hydrogen-bond acceptors (Lipinski definition) is 5. The van der Waals surface area contributed by atoms with Crippen LogP contribution in [0.5, 0.6) is 0 Å². The van der Waals surface area contributed by atoms with Crippen molar-refractivity contribution in [2.24, 2.45) is 5.92 Å². The maximum atomic E-state index is 12.0. The largest absolute Gasteiger partial charge is 0.467 e. The Morgan fingerprint density at radius 2 is 1.52 bits per heavy atom. The molecule has 0 bridgehead atoms. The fourth-order valence-corrected chi connectivity index (χ4v) is 1.45. The van der Waals surface area contributed by atoms with Crippen LogP contribution in [-0.2, 0) is 19.1 Å². The summed E-state index contributed by atoms with van der Waals surface area (Å²) in [6, 6.07) is -1.59. The van der Waals surface area contributed by atoms with Crippen LogP contribution in [0.2, 0.25) is 0 Å². The van der Waals surface area contributed by atoms with Gasteiger partial charge in [0, 0.05) is 0 Å². The monoisotopic (exact) mass is 302 g/mol. The summed E-state index contributed by atoms with van der Waals surface area (Å²) in [5, 5.41) is 4.96. The summed E-state index contributed by atoms with van der Waals surface area (Å²) in [5.41, 5.74) is -0.646. The number of carbonyl (C=O) groups is 3. The molecule has 0 fully saturated rings. The third-order valence-corrected chi connectivity index (χ3v) is 2.55. The zero-order valence-electron chi connectivity index (χ0n) is 13.8. The molecule has 0 spiro atoms. The maximum absolute atomic E-state index is 12.0. The standard InChI is InChI=1S/C14H26N2O5/c1-8(2)10(12(18)20-7)16-11(17)9(3)15-13(19)21-14(4,5)6/h8-10H,1-7H3,(H,15,19)(H,16,17)/t9-,10-/m1/s1. The number of carbonyl (C=O) groups excluding carboxylic acids is 3. The highest BCUT2D eigenvalue weighted by Crippen LogP contribution is 2.07. The Balaban J connectivity index is 4.57. The Morgan fingerprint density at radius 3 is 1.90 bits per heavy atom. The maximum Gasteiger partial charge on any atom is 0.408 e. The van der Waals surface area contributed by atoms with E-state index in [1.54, 1.807) is 34.6 Å². The third kappa shape index (κ3) is 7.53. The normalized spacial score (nSPS) is 14.1. The minimum absolute atomic E-state index is 0.130. The molecule has 0 heterocycles. The second-order valence-corrected chi connectivity index (χ2v) is 6.12. The Hall–Kier alpha value is -1.79. The molecule has 0 aromatic heterocycles. The summed E-state index contributed by atoms with van der Waals surface area (Å²) >= 11 is 0. The van der Waals surface area contributed by atoms with Crippen LogP contribution in [0.3, 0.4) is 0 Å². The van der Waals surface area contributed by atoms with E-state index in [0.29, 0.717) is 0 Å². The van der Waals surface area contributed by atoms with E-state index in [0.717, 1.165) is 0 Å². The lowest BCUT2D eigenvalue weighted by atomic mass is 10.0. The fourth-order valence-electron chi connectivity index (χ4n) is 1.45. The third-order valence-electron chi connectivity index (χ3n) is 2.55. The van der Waals surface area contributed by atoms with Crippen LogP contribution in [0, 0.1) is 5.92 Å². The van der Waals surface area contributed by atoms with Gasteiger partial charge < -0.3 is 20.1 Å². The van der Waals surface area contributed by atoms with Gasteiger partial charge in [0.2, 0.25) is 5.91 Å². The number of rotatable bonds is 5. The van der Waals surface area contributed by atoms with Crippen molar-refractivity contribution >= 4 is 18.0 Å². The molecule has 21 heavy (non-hydrogen) atoms. The van der Waals surface area contributed by atoms with Gasteiger partial charge in [-0.15, -0.1) is 0 Å². The van der Waals surface area contributed by atoms with E-state index in [2.05, 4.69) is 15.4 Å². The van der Waals surface area contributed by atoms with Crippen molar-refractivity contribution in [3.8, 4) is 0 Å². The van der Waals surface area contributed by atoms with Crippen molar-refractivity contribution < 1.29 is 23.9 Å². The molecule has 0 unspecified atom stereocenters. The fraction of sp³-hybridized carbons (Fsp3) is 0.786.